The average molecular weight is 381 g/mol. The smallest absolute Gasteiger partial charge is 0.227 e. The molecular formula is C18H25BrN2O2. The molecule has 0 saturated carbocycles. The maximum Gasteiger partial charge on any atom is 0.227 e. The van der Waals surface area contributed by atoms with E-state index in [1.54, 1.807) is 0 Å². The molecule has 1 saturated heterocycles. The normalized spacial score (nSPS) is 16.3. The van der Waals surface area contributed by atoms with Crippen molar-refractivity contribution in [2.75, 3.05) is 18.4 Å². The molecule has 0 spiro atoms. The number of aryl methyl sites for hydroxylation is 1. The number of likely N-dealkylation sites (tertiary alicyclic amines) is 1. The first-order chi connectivity index (χ1) is 10.7. The summed E-state index contributed by atoms with van der Waals surface area (Å²) in [6.07, 6.45) is 1.44. The minimum atomic E-state index is -0.359. The molecule has 0 atom stereocenters. The van der Waals surface area contributed by atoms with Gasteiger partial charge in [0.1, 0.15) is 0 Å². The van der Waals surface area contributed by atoms with E-state index in [0.29, 0.717) is 13.1 Å². The van der Waals surface area contributed by atoms with E-state index in [2.05, 4.69) is 21.2 Å². The van der Waals surface area contributed by atoms with Crippen LogP contribution in [0.2, 0.25) is 0 Å². The van der Waals surface area contributed by atoms with Crippen molar-refractivity contribution in [1.29, 1.82) is 0 Å². The minimum Gasteiger partial charge on any atom is -0.342 e. The number of halogens is 1. The molecule has 1 heterocycles. The Labute approximate surface area is 146 Å². The maximum atomic E-state index is 12.4. The highest BCUT2D eigenvalue weighted by molar-refractivity contribution is 9.10. The second kappa shape index (κ2) is 7.04. The SMILES string of the molecule is Cc1ccc(NC(=O)C2CCN(C(=O)C(C)(C)C)CC2)c(Br)c1. The quantitative estimate of drug-likeness (QED) is 0.843. The first kappa shape index (κ1) is 18.0. The Morgan fingerprint density at radius 3 is 2.35 bits per heavy atom. The number of benzene rings is 1. The highest BCUT2D eigenvalue weighted by atomic mass is 79.9. The summed E-state index contributed by atoms with van der Waals surface area (Å²) >= 11 is 3.48. The van der Waals surface area contributed by atoms with Gasteiger partial charge in [0.05, 0.1) is 5.69 Å². The third kappa shape index (κ3) is 4.56. The van der Waals surface area contributed by atoms with Gasteiger partial charge in [-0.2, -0.15) is 0 Å². The summed E-state index contributed by atoms with van der Waals surface area (Å²) in [5.41, 5.74) is 1.58. The lowest BCUT2D eigenvalue weighted by molar-refractivity contribution is -0.142. The number of amides is 2. The Hall–Kier alpha value is -1.36. The van der Waals surface area contributed by atoms with Crippen LogP contribution in [-0.2, 0) is 9.59 Å². The molecule has 1 N–H and O–H groups in total. The van der Waals surface area contributed by atoms with Gasteiger partial charge in [-0.25, -0.2) is 0 Å². The Balaban J connectivity index is 1.92. The predicted molar refractivity (Wildman–Crippen MR) is 96.3 cm³/mol. The molecule has 0 aliphatic carbocycles. The van der Waals surface area contributed by atoms with E-state index in [4.69, 9.17) is 0 Å². The van der Waals surface area contributed by atoms with E-state index < -0.39 is 0 Å². The first-order valence-electron chi connectivity index (χ1n) is 8.05. The Morgan fingerprint density at radius 1 is 1.22 bits per heavy atom. The Kier molecular flexibility index (Phi) is 5.50. The van der Waals surface area contributed by atoms with Gasteiger partial charge in [-0.15, -0.1) is 0 Å². The number of carbonyl (C=O) groups is 2. The zero-order chi connectivity index (χ0) is 17.2. The fourth-order valence-corrected chi connectivity index (χ4v) is 3.37. The molecule has 126 valence electrons. The lowest BCUT2D eigenvalue weighted by Crippen LogP contribution is -2.45. The van der Waals surface area contributed by atoms with E-state index in [-0.39, 0.29) is 23.1 Å². The number of hydrogen-bond acceptors (Lipinski definition) is 2. The van der Waals surface area contributed by atoms with Crippen LogP contribution in [0.15, 0.2) is 22.7 Å². The maximum absolute atomic E-state index is 12.4. The van der Waals surface area contributed by atoms with E-state index in [1.165, 1.54) is 0 Å². The van der Waals surface area contributed by atoms with Gasteiger partial charge in [0.15, 0.2) is 0 Å². The zero-order valence-corrected chi connectivity index (χ0v) is 15.9. The molecule has 1 aliphatic rings. The zero-order valence-electron chi connectivity index (χ0n) is 14.3. The largest absolute Gasteiger partial charge is 0.342 e. The standard InChI is InChI=1S/C18H25BrN2O2/c1-12-5-6-15(14(19)11-12)20-16(22)13-7-9-21(10-8-13)17(23)18(2,3)4/h5-6,11,13H,7-10H2,1-4H3,(H,20,22). The monoisotopic (exact) mass is 380 g/mol. The molecule has 0 bridgehead atoms. The summed E-state index contributed by atoms with van der Waals surface area (Å²) in [7, 11) is 0. The molecule has 23 heavy (non-hydrogen) atoms. The van der Waals surface area contributed by atoms with Gasteiger partial charge in [0.2, 0.25) is 11.8 Å². The number of anilines is 1. The van der Waals surface area contributed by atoms with Crippen LogP contribution in [-0.4, -0.2) is 29.8 Å². The van der Waals surface area contributed by atoms with Crippen LogP contribution in [0.3, 0.4) is 0 Å². The number of nitrogens with zero attached hydrogens (tertiary/aromatic N) is 1. The number of nitrogens with one attached hydrogen (secondary N) is 1. The van der Waals surface area contributed by atoms with Gasteiger partial charge in [-0.05, 0) is 53.4 Å². The minimum absolute atomic E-state index is 0.0350. The van der Waals surface area contributed by atoms with Crippen LogP contribution in [0.5, 0.6) is 0 Å². The molecule has 5 heteroatoms. The van der Waals surface area contributed by atoms with Crippen molar-refractivity contribution >= 4 is 33.4 Å². The second-order valence-electron chi connectivity index (χ2n) is 7.29. The van der Waals surface area contributed by atoms with Crippen LogP contribution < -0.4 is 5.32 Å². The summed E-state index contributed by atoms with van der Waals surface area (Å²) in [6.45, 7) is 9.12. The fourth-order valence-electron chi connectivity index (χ4n) is 2.78. The molecule has 0 radical (unpaired) electrons. The summed E-state index contributed by atoms with van der Waals surface area (Å²) < 4.78 is 0.895. The highest BCUT2D eigenvalue weighted by Crippen LogP contribution is 2.27. The van der Waals surface area contributed by atoms with Gasteiger partial charge in [-0.3, -0.25) is 9.59 Å². The summed E-state index contributed by atoms with van der Waals surface area (Å²) in [5, 5.41) is 2.99. The molecule has 4 nitrogen and oxygen atoms in total. The van der Waals surface area contributed by atoms with Crippen LogP contribution in [0, 0.1) is 18.3 Å². The van der Waals surface area contributed by atoms with Crippen LogP contribution >= 0.6 is 15.9 Å². The predicted octanol–water partition coefficient (Wildman–Crippen LogP) is 3.98. The lowest BCUT2D eigenvalue weighted by Gasteiger charge is -2.35. The lowest BCUT2D eigenvalue weighted by atomic mass is 9.90. The number of hydrogen-bond donors (Lipinski definition) is 1. The van der Waals surface area contributed by atoms with Crippen molar-refractivity contribution in [3.05, 3.63) is 28.2 Å². The fraction of sp³-hybridized carbons (Fsp3) is 0.556. The van der Waals surface area contributed by atoms with Crippen molar-refractivity contribution < 1.29 is 9.59 Å². The molecule has 2 rings (SSSR count). The van der Waals surface area contributed by atoms with E-state index in [9.17, 15) is 9.59 Å². The Morgan fingerprint density at radius 2 is 1.83 bits per heavy atom. The number of piperidine rings is 1. The first-order valence-corrected chi connectivity index (χ1v) is 8.84. The topological polar surface area (TPSA) is 49.4 Å². The van der Waals surface area contributed by atoms with Crippen molar-refractivity contribution in [2.45, 2.75) is 40.5 Å². The Bertz CT molecular complexity index is 600. The van der Waals surface area contributed by atoms with E-state index in [0.717, 1.165) is 28.6 Å². The molecule has 1 aromatic rings. The third-order valence-electron chi connectivity index (χ3n) is 4.18. The third-order valence-corrected chi connectivity index (χ3v) is 4.83. The molecule has 2 amide bonds. The van der Waals surface area contributed by atoms with Gasteiger partial charge in [0, 0.05) is 28.9 Å². The van der Waals surface area contributed by atoms with Crippen molar-refractivity contribution in [3.8, 4) is 0 Å². The molecule has 1 aromatic carbocycles. The van der Waals surface area contributed by atoms with Crippen LogP contribution in [0.4, 0.5) is 5.69 Å². The van der Waals surface area contributed by atoms with Crippen molar-refractivity contribution in [2.24, 2.45) is 11.3 Å². The van der Waals surface area contributed by atoms with E-state index >= 15 is 0 Å². The molecule has 0 aromatic heterocycles. The summed E-state index contributed by atoms with van der Waals surface area (Å²) in [5.74, 6) is 0.169. The van der Waals surface area contributed by atoms with Crippen LogP contribution in [0.25, 0.3) is 0 Å². The summed E-state index contributed by atoms with van der Waals surface area (Å²) in [6, 6.07) is 5.88. The highest BCUT2D eigenvalue weighted by Gasteiger charge is 2.32. The second-order valence-corrected chi connectivity index (χ2v) is 8.14. The van der Waals surface area contributed by atoms with Crippen LogP contribution in [0.1, 0.15) is 39.2 Å². The van der Waals surface area contributed by atoms with Gasteiger partial charge in [-0.1, -0.05) is 26.8 Å². The molecule has 1 fully saturated rings. The number of rotatable bonds is 2. The van der Waals surface area contributed by atoms with Gasteiger partial charge < -0.3 is 10.2 Å². The molecule has 1 aliphatic heterocycles. The van der Waals surface area contributed by atoms with Crippen molar-refractivity contribution in [3.63, 3.8) is 0 Å². The van der Waals surface area contributed by atoms with E-state index in [1.807, 2.05) is 50.8 Å². The van der Waals surface area contributed by atoms with Crippen molar-refractivity contribution in [1.82, 2.24) is 4.90 Å². The number of carbonyl (C=O) groups excluding carboxylic acids is 2. The summed E-state index contributed by atoms with van der Waals surface area (Å²) in [4.78, 5) is 26.6. The molecule has 0 unspecified atom stereocenters. The van der Waals surface area contributed by atoms with Gasteiger partial charge in [0.25, 0.3) is 0 Å². The average Bonchev–Trinajstić information content (AvgIpc) is 2.48. The molecular weight excluding hydrogens is 356 g/mol. The van der Waals surface area contributed by atoms with Gasteiger partial charge >= 0.3 is 0 Å².